The standard InChI is InChI=1S/C20H24N2O5S/c1-14(20(24)22-17-9-10-17)27-19(23)7-4-12-21-28(25,26)18-11-8-15-5-2-3-6-16(15)13-18/h2-3,5-6,8,11,13-14,17,21H,4,7,9-10,12H2,1H3,(H,22,24)/t14-/m0/s1. The molecule has 2 N–H and O–H groups in total. The van der Waals surface area contributed by atoms with Gasteiger partial charge in [-0.25, -0.2) is 13.1 Å². The molecule has 2 aromatic carbocycles. The molecule has 3 rings (SSSR count). The molecule has 1 aliphatic rings. The average molecular weight is 404 g/mol. The molecule has 0 aliphatic heterocycles. The van der Waals surface area contributed by atoms with Gasteiger partial charge in [-0.1, -0.05) is 30.3 Å². The monoisotopic (exact) mass is 404 g/mol. The Hall–Kier alpha value is -2.45. The van der Waals surface area contributed by atoms with Crippen molar-refractivity contribution in [2.24, 2.45) is 0 Å². The Kier molecular flexibility index (Phi) is 6.31. The van der Waals surface area contributed by atoms with E-state index in [0.29, 0.717) is 0 Å². The molecule has 1 atom stereocenters. The Labute approximate surface area is 164 Å². The summed E-state index contributed by atoms with van der Waals surface area (Å²) < 4.78 is 32.4. The van der Waals surface area contributed by atoms with Crippen LogP contribution in [0.4, 0.5) is 0 Å². The van der Waals surface area contributed by atoms with Gasteiger partial charge in [-0.3, -0.25) is 9.59 Å². The van der Waals surface area contributed by atoms with Gasteiger partial charge in [0.2, 0.25) is 10.0 Å². The van der Waals surface area contributed by atoms with E-state index in [-0.39, 0.29) is 36.2 Å². The second-order valence-corrected chi connectivity index (χ2v) is 8.69. The van der Waals surface area contributed by atoms with E-state index in [9.17, 15) is 18.0 Å². The van der Waals surface area contributed by atoms with Gasteiger partial charge in [-0.2, -0.15) is 0 Å². The van der Waals surface area contributed by atoms with Gasteiger partial charge in [0, 0.05) is 19.0 Å². The number of nitrogens with one attached hydrogen (secondary N) is 2. The normalized spacial score (nSPS) is 15.2. The minimum absolute atomic E-state index is 0.0291. The van der Waals surface area contributed by atoms with Crippen LogP contribution in [0, 0.1) is 0 Å². The van der Waals surface area contributed by atoms with Gasteiger partial charge in [0.1, 0.15) is 0 Å². The molecule has 7 nitrogen and oxygen atoms in total. The predicted octanol–water partition coefficient (Wildman–Crippen LogP) is 2.11. The summed E-state index contributed by atoms with van der Waals surface area (Å²) in [7, 11) is -3.66. The lowest BCUT2D eigenvalue weighted by Gasteiger charge is -2.13. The van der Waals surface area contributed by atoms with Crippen LogP contribution in [0.1, 0.15) is 32.6 Å². The van der Waals surface area contributed by atoms with E-state index in [1.54, 1.807) is 18.2 Å². The van der Waals surface area contributed by atoms with Gasteiger partial charge in [0.25, 0.3) is 5.91 Å². The molecule has 1 aliphatic carbocycles. The lowest BCUT2D eigenvalue weighted by atomic mass is 10.1. The van der Waals surface area contributed by atoms with Crippen LogP contribution in [0.15, 0.2) is 47.4 Å². The minimum Gasteiger partial charge on any atom is -0.453 e. The van der Waals surface area contributed by atoms with Crippen LogP contribution in [0.25, 0.3) is 10.8 Å². The van der Waals surface area contributed by atoms with Crippen LogP contribution in [0.3, 0.4) is 0 Å². The Morgan fingerprint density at radius 1 is 1.14 bits per heavy atom. The number of fused-ring (bicyclic) bond motifs is 1. The second-order valence-electron chi connectivity index (χ2n) is 6.93. The van der Waals surface area contributed by atoms with Crippen LogP contribution >= 0.6 is 0 Å². The third-order valence-corrected chi connectivity index (χ3v) is 5.94. The number of sulfonamides is 1. The molecule has 0 radical (unpaired) electrons. The molecule has 28 heavy (non-hydrogen) atoms. The zero-order valence-electron chi connectivity index (χ0n) is 15.7. The first kappa shape index (κ1) is 20.3. The number of esters is 1. The highest BCUT2D eigenvalue weighted by Gasteiger charge is 2.27. The molecule has 1 saturated carbocycles. The number of benzene rings is 2. The molecule has 0 heterocycles. The number of hydrogen-bond donors (Lipinski definition) is 2. The van der Waals surface area contributed by atoms with Crippen molar-refractivity contribution in [2.45, 2.75) is 49.6 Å². The third kappa shape index (κ3) is 5.53. The van der Waals surface area contributed by atoms with Crippen LogP contribution in [-0.4, -0.2) is 39.0 Å². The first-order chi connectivity index (χ1) is 13.3. The van der Waals surface area contributed by atoms with E-state index in [2.05, 4.69) is 10.0 Å². The largest absolute Gasteiger partial charge is 0.453 e. The molecule has 2 aromatic rings. The van der Waals surface area contributed by atoms with Crippen molar-refractivity contribution >= 4 is 32.7 Å². The van der Waals surface area contributed by atoms with Crippen molar-refractivity contribution < 1.29 is 22.7 Å². The van der Waals surface area contributed by atoms with Gasteiger partial charge in [0.15, 0.2) is 6.10 Å². The quantitative estimate of drug-likeness (QED) is 0.492. The average Bonchev–Trinajstić information content (AvgIpc) is 3.48. The van der Waals surface area contributed by atoms with E-state index in [0.717, 1.165) is 23.6 Å². The maximum atomic E-state index is 12.4. The number of carbonyl (C=O) groups excluding carboxylic acids is 2. The fourth-order valence-corrected chi connectivity index (χ4v) is 3.82. The highest BCUT2D eigenvalue weighted by atomic mass is 32.2. The molecule has 0 bridgehead atoms. The summed E-state index contributed by atoms with van der Waals surface area (Å²) in [6, 6.07) is 12.6. The van der Waals surface area contributed by atoms with E-state index in [1.165, 1.54) is 6.92 Å². The summed E-state index contributed by atoms with van der Waals surface area (Å²) in [6.45, 7) is 1.63. The summed E-state index contributed by atoms with van der Waals surface area (Å²) in [4.78, 5) is 23.8. The Bertz CT molecular complexity index is 969. The zero-order valence-corrected chi connectivity index (χ0v) is 16.5. The molecule has 0 spiro atoms. The van der Waals surface area contributed by atoms with Crippen LogP contribution in [-0.2, 0) is 24.3 Å². The summed E-state index contributed by atoms with van der Waals surface area (Å²) >= 11 is 0. The maximum Gasteiger partial charge on any atom is 0.306 e. The van der Waals surface area contributed by atoms with Crippen molar-refractivity contribution in [1.29, 1.82) is 0 Å². The van der Waals surface area contributed by atoms with Crippen molar-refractivity contribution in [3.05, 3.63) is 42.5 Å². The number of hydrogen-bond acceptors (Lipinski definition) is 5. The highest BCUT2D eigenvalue weighted by molar-refractivity contribution is 7.89. The molecule has 1 amide bonds. The van der Waals surface area contributed by atoms with Crippen molar-refractivity contribution in [3.63, 3.8) is 0 Å². The Morgan fingerprint density at radius 3 is 2.57 bits per heavy atom. The third-order valence-electron chi connectivity index (χ3n) is 4.48. The number of carbonyl (C=O) groups is 2. The van der Waals surface area contributed by atoms with Gasteiger partial charge in [-0.05, 0) is 49.1 Å². The summed E-state index contributed by atoms with van der Waals surface area (Å²) in [5.41, 5.74) is 0. The molecule has 1 fully saturated rings. The van der Waals surface area contributed by atoms with Crippen molar-refractivity contribution in [3.8, 4) is 0 Å². The van der Waals surface area contributed by atoms with E-state index in [4.69, 9.17) is 4.74 Å². The maximum absolute atomic E-state index is 12.4. The molecule has 150 valence electrons. The second kappa shape index (κ2) is 8.70. The molecular weight excluding hydrogens is 380 g/mol. The fraction of sp³-hybridized carbons (Fsp3) is 0.400. The topological polar surface area (TPSA) is 102 Å². The fourth-order valence-electron chi connectivity index (χ4n) is 2.71. The van der Waals surface area contributed by atoms with Crippen molar-refractivity contribution in [2.75, 3.05) is 6.54 Å². The predicted molar refractivity (Wildman–Crippen MR) is 105 cm³/mol. The Morgan fingerprint density at radius 2 is 1.86 bits per heavy atom. The van der Waals surface area contributed by atoms with Gasteiger partial charge in [0.05, 0.1) is 4.90 Å². The van der Waals surface area contributed by atoms with Gasteiger partial charge < -0.3 is 10.1 Å². The lowest BCUT2D eigenvalue weighted by Crippen LogP contribution is -2.37. The van der Waals surface area contributed by atoms with E-state index >= 15 is 0 Å². The smallest absolute Gasteiger partial charge is 0.306 e. The summed E-state index contributed by atoms with van der Waals surface area (Å²) in [6.07, 6.45) is 1.39. The van der Waals surface area contributed by atoms with Gasteiger partial charge >= 0.3 is 5.97 Å². The van der Waals surface area contributed by atoms with Gasteiger partial charge in [-0.15, -0.1) is 0 Å². The summed E-state index contributed by atoms with van der Waals surface area (Å²) in [5.74, 6) is -0.823. The number of ether oxygens (including phenoxy) is 1. The summed E-state index contributed by atoms with van der Waals surface area (Å²) in [5, 5.41) is 4.57. The molecule has 8 heteroatoms. The number of rotatable bonds is 9. The van der Waals surface area contributed by atoms with Crippen molar-refractivity contribution in [1.82, 2.24) is 10.0 Å². The molecule has 0 aromatic heterocycles. The number of amides is 1. The molecule has 0 saturated heterocycles. The first-order valence-corrected chi connectivity index (χ1v) is 10.8. The van der Waals surface area contributed by atoms with Crippen LogP contribution in [0.2, 0.25) is 0 Å². The SMILES string of the molecule is C[C@H](OC(=O)CCCNS(=O)(=O)c1ccc2ccccc2c1)C(=O)NC1CC1. The highest BCUT2D eigenvalue weighted by Crippen LogP contribution is 2.19. The van der Waals surface area contributed by atoms with E-state index < -0.39 is 22.1 Å². The lowest BCUT2D eigenvalue weighted by molar-refractivity contribution is -0.154. The first-order valence-electron chi connectivity index (χ1n) is 9.33. The Balaban J connectivity index is 1.44. The van der Waals surface area contributed by atoms with Crippen LogP contribution in [0.5, 0.6) is 0 Å². The van der Waals surface area contributed by atoms with E-state index in [1.807, 2.05) is 24.3 Å². The molecular formula is C20H24N2O5S. The minimum atomic E-state index is -3.66. The molecule has 0 unspecified atom stereocenters. The van der Waals surface area contributed by atoms with Crippen LogP contribution < -0.4 is 10.0 Å². The zero-order chi connectivity index (χ0) is 20.1.